The van der Waals surface area contributed by atoms with Gasteiger partial charge in [-0.1, -0.05) is 35.7 Å². The van der Waals surface area contributed by atoms with E-state index < -0.39 is 11.7 Å². The van der Waals surface area contributed by atoms with Crippen LogP contribution in [0.5, 0.6) is 0 Å². The standard InChI is InChI=1S/C16H22BrF3N2.ClH/c1-2-3-4-15(22-9-7-21-8-10-22)13-11-12(16(18,19)20)5-6-14(13)17;/h5-6,11,15,21H,2-4,7-10H2,1H3;1H/t15-;/m0./s1. The third kappa shape index (κ3) is 5.62. The number of hydrogen-bond donors (Lipinski definition) is 1. The first-order valence-electron chi connectivity index (χ1n) is 7.75. The average Bonchev–Trinajstić information content (AvgIpc) is 2.49. The van der Waals surface area contributed by atoms with E-state index in [1.807, 2.05) is 0 Å². The maximum absolute atomic E-state index is 13.0. The Bertz CT molecular complexity index is 491. The normalized spacial score (nSPS) is 17.6. The van der Waals surface area contributed by atoms with Crippen LogP contribution in [-0.4, -0.2) is 31.1 Å². The molecule has 0 bridgehead atoms. The number of piperazine rings is 1. The second-order valence-corrected chi connectivity index (χ2v) is 6.53. The van der Waals surface area contributed by atoms with Crippen molar-refractivity contribution in [1.29, 1.82) is 0 Å². The molecule has 1 aliphatic rings. The van der Waals surface area contributed by atoms with Crippen LogP contribution in [0.15, 0.2) is 22.7 Å². The number of nitrogens with one attached hydrogen (secondary N) is 1. The molecule has 0 aliphatic carbocycles. The highest BCUT2D eigenvalue weighted by molar-refractivity contribution is 9.10. The summed E-state index contributed by atoms with van der Waals surface area (Å²) in [6.07, 6.45) is -1.36. The van der Waals surface area contributed by atoms with E-state index in [1.54, 1.807) is 0 Å². The summed E-state index contributed by atoms with van der Waals surface area (Å²) in [6.45, 7) is 5.63. The molecule has 1 heterocycles. The summed E-state index contributed by atoms with van der Waals surface area (Å²) in [6, 6.07) is 4.02. The Balaban J connectivity index is 0.00000264. The second kappa shape index (κ2) is 9.25. The minimum absolute atomic E-state index is 0. The van der Waals surface area contributed by atoms with E-state index in [4.69, 9.17) is 0 Å². The first-order valence-corrected chi connectivity index (χ1v) is 8.54. The molecule has 0 spiro atoms. The molecule has 1 fully saturated rings. The number of rotatable bonds is 5. The molecule has 1 saturated heterocycles. The Morgan fingerprint density at radius 3 is 2.48 bits per heavy atom. The summed E-state index contributed by atoms with van der Waals surface area (Å²) in [7, 11) is 0. The summed E-state index contributed by atoms with van der Waals surface area (Å²) in [5, 5.41) is 3.29. The van der Waals surface area contributed by atoms with Crippen LogP contribution in [-0.2, 0) is 6.18 Å². The van der Waals surface area contributed by atoms with Gasteiger partial charge < -0.3 is 5.32 Å². The van der Waals surface area contributed by atoms with Crippen molar-refractivity contribution in [2.45, 2.75) is 38.4 Å². The van der Waals surface area contributed by atoms with Gasteiger partial charge in [-0.3, -0.25) is 4.90 Å². The van der Waals surface area contributed by atoms with Crippen LogP contribution in [0.3, 0.4) is 0 Å². The summed E-state index contributed by atoms with van der Waals surface area (Å²) in [5.74, 6) is 0. The Labute approximate surface area is 150 Å². The van der Waals surface area contributed by atoms with Crippen molar-refractivity contribution in [3.05, 3.63) is 33.8 Å². The fourth-order valence-electron chi connectivity index (χ4n) is 2.90. The monoisotopic (exact) mass is 414 g/mol. The smallest absolute Gasteiger partial charge is 0.314 e. The van der Waals surface area contributed by atoms with Gasteiger partial charge in [0.05, 0.1) is 5.56 Å². The molecule has 0 aromatic heterocycles. The van der Waals surface area contributed by atoms with Gasteiger partial charge in [0.2, 0.25) is 0 Å². The molecule has 2 rings (SSSR count). The van der Waals surface area contributed by atoms with E-state index in [2.05, 4.69) is 33.1 Å². The van der Waals surface area contributed by atoms with Gasteiger partial charge in [0.15, 0.2) is 0 Å². The zero-order valence-corrected chi connectivity index (χ0v) is 15.5. The van der Waals surface area contributed by atoms with E-state index in [0.29, 0.717) is 0 Å². The lowest BCUT2D eigenvalue weighted by atomic mass is 9.97. The fourth-order valence-corrected chi connectivity index (χ4v) is 3.41. The minimum atomic E-state index is -4.30. The molecule has 1 aromatic rings. The number of benzene rings is 1. The lowest BCUT2D eigenvalue weighted by Crippen LogP contribution is -2.45. The fraction of sp³-hybridized carbons (Fsp3) is 0.625. The molecule has 0 unspecified atom stereocenters. The van der Waals surface area contributed by atoms with E-state index in [1.165, 1.54) is 12.1 Å². The molecular weight excluding hydrogens is 393 g/mol. The largest absolute Gasteiger partial charge is 0.416 e. The molecular formula is C16H23BrClF3N2. The van der Waals surface area contributed by atoms with Crippen LogP contribution in [0.2, 0.25) is 0 Å². The molecule has 1 N–H and O–H groups in total. The number of unbranched alkanes of at least 4 members (excludes halogenated alkanes) is 1. The van der Waals surface area contributed by atoms with Crippen molar-refractivity contribution < 1.29 is 13.2 Å². The lowest BCUT2D eigenvalue weighted by molar-refractivity contribution is -0.137. The van der Waals surface area contributed by atoms with Gasteiger partial charge >= 0.3 is 6.18 Å². The summed E-state index contributed by atoms with van der Waals surface area (Å²) < 4.78 is 39.8. The summed E-state index contributed by atoms with van der Waals surface area (Å²) >= 11 is 3.45. The molecule has 1 aromatic carbocycles. The molecule has 0 amide bonds. The maximum atomic E-state index is 13.0. The molecule has 1 atom stereocenters. The van der Waals surface area contributed by atoms with E-state index in [0.717, 1.165) is 61.5 Å². The van der Waals surface area contributed by atoms with Crippen LogP contribution in [0.25, 0.3) is 0 Å². The highest BCUT2D eigenvalue weighted by Gasteiger charge is 2.32. The van der Waals surface area contributed by atoms with Gasteiger partial charge in [-0.25, -0.2) is 0 Å². The zero-order chi connectivity index (χ0) is 16.2. The Kier molecular flexibility index (Phi) is 8.35. The van der Waals surface area contributed by atoms with Crippen molar-refractivity contribution in [3.8, 4) is 0 Å². The van der Waals surface area contributed by atoms with Gasteiger partial charge in [-0.05, 0) is 30.2 Å². The van der Waals surface area contributed by atoms with Gasteiger partial charge in [0.1, 0.15) is 0 Å². The number of nitrogens with zero attached hydrogens (tertiary/aromatic N) is 1. The van der Waals surface area contributed by atoms with E-state index in [9.17, 15) is 13.2 Å². The molecule has 7 heteroatoms. The molecule has 132 valence electrons. The molecule has 23 heavy (non-hydrogen) atoms. The molecule has 0 saturated carbocycles. The van der Waals surface area contributed by atoms with Gasteiger partial charge in [0, 0.05) is 36.7 Å². The third-order valence-electron chi connectivity index (χ3n) is 4.11. The average molecular weight is 416 g/mol. The van der Waals surface area contributed by atoms with Gasteiger partial charge in [-0.15, -0.1) is 12.4 Å². The summed E-state index contributed by atoms with van der Waals surface area (Å²) in [4.78, 5) is 2.30. The summed E-state index contributed by atoms with van der Waals surface area (Å²) in [5.41, 5.74) is 0.188. The van der Waals surface area contributed by atoms with Crippen molar-refractivity contribution in [2.24, 2.45) is 0 Å². The van der Waals surface area contributed by atoms with E-state index in [-0.39, 0.29) is 18.4 Å². The van der Waals surface area contributed by atoms with Crippen LogP contribution in [0, 0.1) is 0 Å². The van der Waals surface area contributed by atoms with Crippen LogP contribution >= 0.6 is 28.3 Å². The zero-order valence-electron chi connectivity index (χ0n) is 13.1. The van der Waals surface area contributed by atoms with Crippen LogP contribution in [0.4, 0.5) is 13.2 Å². The topological polar surface area (TPSA) is 15.3 Å². The second-order valence-electron chi connectivity index (χ2n) is 5.68. The number of hydrogen-bond acceptors (Lipinski definition) is 2. The van der Waals surface area contributed by atoms with Gasteiger partial charge in [-0.2, -0.15) is 13.2 Å². The van der Waals surface area contributed by atoms with Crippen LogP contribution < -0.4 is 5.32 Å². The SMILES string of the molecule is CCCC[C@@H](c1cc(C(F)(F)F)ccc1Br)N1CCNCC1.Cl. The maximum Gasteiger partial charge on any atom is 0.416 e. The highest BCUT2D eigenvalue weighted by Crippen LogP contribution is 2.37. The van der Waals surface area contributed by atoms with Crippen molar-refractivity contribution >= 4 is 28.3 Å². The lowest BCUT2D eigenvalue weighted by Gasteiger charge is -2.36. The molecule has 0 radical (unpaired) electrons. The Morgan fingerprint density at radius 1 is 1.26 bits per heavy atom. The van der Waals surface area contributed by atoms with Crippen molar-refractivity contribution in [2.75, 3.05) is 26.2 Å². The van der Waals surface area contributed by atoms with Gasteiger partial charge in [0.25, 0.3) is 0 Å². The third-order valence-corrected chi connectivity index (χ3v) is 4.83. The van der Waals surface area contributed by atoms with Crippen molar-refractivity contribution in [3.63, 3.8) is 0 Å². The first kappa shape index (κ1) is 20.7. The van der Waals surface area contributed by atoms with E-state index >= 15 is 0 Å². The van der Waals surface area contributed by atoms with Crippen LogP contribution in [0.1, 0.15) is 43.4 Å². The minimum Gasteiger partial charge on any atom is -0.314 e. The highest BCUT2D eigenvalue weighted by atomic mass is 79.9. The predicted molar refractivity (Wildman–Crippen MR) is 93.1 cm³/mol. The molecule has 1 aliphatic heterocycles. The molecule has 2 nitrogen and oxygen atoms in total. The number of halogens is 5. The quantitative estimate of drug-likeness (QED) is 0.726. The number of alkyl halides is 3. The Morgan fingerprint density at radius 2 is 1.91 bits per heavy atom. The Hall–Kier alpha value is -0.300. The predicted octanol–water partition coefficient (Wildman–Crippen LogP) is 5.03. The van der Waals surface area contributed by atoms with Crippen molar-refractivity contribution in [1.82, 2.24) is 10.2 Å². The first-order chi connectivity index (χ1) is 10.4.